The van der Waals surface area contributed by atoms with Crippen molar-refractivity contribution in [1.82, 2.24) is 14.9 Å². The van der Waals surface area contributed by atoms with Crippen molar-refractivity contribution in [3.05, 3.63) is 82.9 Å². The second kappa shape index (κ2) is 7.85. The number of amides is 1. The van der Waals surface area contributed by atoms with Crippen molar-refractivity contribution in [2.75, 3.05) is 7.11 Å². The molecule has 0 aliphatic carbocycles. The highest BCUT2D eigenvalue weighted by molar-refractivity contribution is 6.31. The predicted molar refractivity (Wildman–Crippen MR) is 96.9 cm³/mol. The summed E-state index contributed by atoms with van der Waals surface area (Å²) in [6, 6.07) is 15.1. The average molecular weight is 356 g/mol. The quantitative estimate of drug-likeness (QED) is 0.736. The Morgan fingerprint density at radius 1 is 1.16 bits per heavy atom. The molecule has 0 aliphatic rings. The number of benzene rings is 2. The van der Waals surface area contributed by atoms with E-state index in [4.69, 9.17) is 16.3 Å². The van der Waals surface area contributed by atoms with Gasteiger partial charge in [-0.15, -0.1) is 0 Å². The molecule has 1 aromatic heterocycles. The summed E-state index contributed by atoms with van der Waals surface area (Å²) >= 11 is 6.20. The maximum absolute atomic E-state index is 12.5. The molecule has 1 amide bonds. The Hall–Kier alpha value is -2.79. The molecule has 0 bridgehead atoms. The molecule has 0 saturated heterocycles. The van der Waals surface area contributed by atoms with Crippen LogP contribution >= 0.6 is 11.6 Å². The van der Waals surface area contributed by atoms with Crippen molar-refractivity contribution < 1.29 is 9.53 Å². The normalized spacial score (nSPS) is 10.5. The van der Waals surface area contributed by atoms with Crippen LogP contribution in [-0.4, -0.2) is 22.6 Å². The highest BCUT2D eigenvalue weighted by Gasteiger charge is 2.14. The number of halogens is 1. The molecule has 0 radical (unpaired) electrons. The molecule has 128 valence electrons. The highest BCUT2D eigenvalue weighted by atomic mass is 35.5. The third kappa shape index (κ3) is 4.00. The lowest BCUT2D eigenvalue weighted by Crippen LogP contribution is -2.26. The van der Waals surface area contributed by atoms with Crippen LogP contribution < -0.4 is 10.1 Å². The van der Waals surface area contributed by atoms with Crippen LogP contribution in [0.5, 0.6) is 5.75 Å². The van der Waals surface area contributed by atoms with Gasteiger partial charge in [0.05, 0.1) is 13.7 Å². The number of nitrogens with one attached hydrogen (secondary N) is 1. The van der Waals surface area contributed by atoms with Crippen molar-refractivity contribution in [2.24, 2.45) is 0 Å². The van der Waals surface area contributed by atoms with Gasteiger partial charge in [-0.05, 0) is 17.7 Å². The molecule has 1 N–H and O–H groups in total. The first-order valence-corrected chi connectivity index (χ1v) is 8.21. The average Bonchev–Trinajstić information content (AvgIpc) is 3.10. The Morgan fingerprint density at radius 2 is 1.88 bits per heavy atom. The van der Waals surface area contributed by atoms with E-state index in [1.807, 2.05) is 48.5 Å². The van der Waals surface area contributed by atoms with Gasteiger partial charge in [0, 0.05) is 29.5 Å². The van der Waals surface area contributed by atoms with Crippen LogP contribution in [0.4, 0.5) is 0 Å². The first-order valence-electron chi connectivity index (χ1n) is 7.83. The maximum Gasteiger partial charge on any atom is 0.287 e. The fraction of sp³-hybridized carbons (Fsp3) is 0.158. The minimum absolute atomic E-state index is 0.247. The standard InChI is InChI=1S/C19H18ClN3O2/c1-25-17-9-5-3-6-14(17)12-22-19(24)18-21-10-11-23(18)13-15-7-2-4-8-16(15)20/h2-11H,12-13H2,1H3,(H,22,24). The lowest BCUT2D eigenvalue weighted by molar-refractivity contribution is 0.0936. The number of para-hydroxylation sites is 1. The van der Waals surface area contributed by atoms with Crippen molar-refractivity contribution in [1.29, 1.82) is 0 Å². The van der Waals surface area contributed by atoms with Crippen LogP contribution in [0.25, 0.3) is 0 Å². The van der Waals surface area contributed by atoms with Crippen LogP contribution in [0.15, 0.2) is 60.9 Å². The molecular weight excluding hydrogens is 338 g/mol. The Morgan fingerprint density at radius 3 is 2.64 bits per heavy atom. The molecule has 3 rings (SSSR count). The van der Waals surface area contributed by atoms with E-state index in [-0.39, 0.29) is 5.91 Å². The molecule has 0 spiro atoms. The van der Waals surface area contributed by atoms with Crippen molar-refractivity contribution in [2.45, 2.75) is 13.1 Å². The third-order valence-corrected chi connectivity index (χ3v) is 4.22. The van der Waals surface area contributed by atoms with Gasteiger partial charge in [-0.2, -0.15) is 0 Å². The summed E-state index contributed by atoms with van der Waals surface area (Å²) in [6.45, 7) is 0.846. The summed E-state index contributed by atoms with van der Waals surface area (Å²) in [5.41, 5.74) is 1.84. The van der Waals surface area contributed by atoms with Gasteiger partial charge < -0.3 is 14.6 Å². The molecule has 0 atom stereocenters. The van der Waals surface area contributed by atoms with Crippen LogP contribution in [-0.2, 0) is 13.1 Å². The lowest BCUT2D eigenvalue weighted by atomic mass is 10.2. The van der Waals surface area contributed by atoms with Crippen LogP contribution in [0.3, 0.4) is 0 Å². The van der Waals surface area contributed by atoms with Gasteiger partial charge in [0.25, 0.3) is 5.91 Å². The van der Waals surface area contributed by atoms with Crippen molar-refractivity contribution in [3.63, 3.8) is 0 Å². The summed E-state index contributed by atoms with van der Waals surface area (Å²) in [4.78, 5) is 16.7. The number of imidazole rings is 1. The maximum atomic E-state index is 12.5. The topological polar surface area (TPSA) is 56.1 Å². The zero-order valence-electron chi connectivity index (χ0n) is 13.8. The molecule has 1 heterocycles. The lowest BCUT2D eigenvalue weighted by Gasteiger charge is -2.11. The van der Waals surface area contributed by atoms with E-state index in [1.54, 1.807) is 24.1 Å². The summed E-state index contributed by atoms with van der Waals surface area (Å²) in [5.74, 6) is 0.833. The van der Waals surface area contributed by atoms with Crippen molar-refractivity contribution >= 4 is 17.5 Å². The van der Waals surface area contributed by atoms with Gasteiger partial charge in [-0.25, -0.2) is 4.98 Å². The Bertz CT molecular complexity index is 876. The number of methoxy groups -OCH3 is 1. The van der Waals surface area contributed by atoms with E-state index in [1.165, 1.54) is 0 Å². The fourth-order valence-corrected chi connectivity index (χ4v) is 2.76. The molecular formula is C19H18ClN3O2. The van der Waals surface area contributed by atoms with E-state index in [9.17, 15) is 4.79 Å². The molecule has 2 aromatic carbocycles. The van der Waals surface area contributed by atoms with E-state index >= 15 is 0 Å². The number of ether oxygens (including phenoxy) is 1. The number of rotatable bonds is 6. The molecule has 25 heavy (non-hydrogen) atoms. The first-order chi connectivity index (χ1) is 12.2. The molecule has 5 nitrogen and oxygen atoms in total. The molecule has 3 aromatic rings. The molecule has 0 unspecified atom stereocenters. The van der Waals surface area contributed by atoms with Gasteiger partial charge in [0.2, 0.25) is 0 Å². The van der Waals surface area contributed by atoms with Gasteiger partial charge >= 0.3 is 0 Å². The molecule has 6 heteroatoms. The Balaban J connectivity index is 1.71. The predicted octanol–water partition coefficient (Wildman–Crippen LogP) is 3.52. The van der Waals surface area contributed by atoms with Crippen LogP contribution in [0.1, 0.15) is 21.7 Å². The van der Waals surface area contributed by atoms with Crippen LogP contribution in [0, 0.1) is 0 Å². The second-order valence-corrected chi connectivity index (χ2v) is 5.87. The largest absolute Gasteiger partial charge is 0.496 e. The number of carbonyl (C=O) groups excluding carboxylic acids is 1. The highest BCUT2D eigenvalue weighted by Crippen LogP contribution is 2.18. The zero-order chi connectivity index (χ0) is 17.6. The van der Waals surface area contributed by atoms with E-state index in [0.29, 0.717) is 23.9 Å². The Labute approximate surface area is 151 Å². The third-order valence-electron chi connectivity index (χ3n) is 3.85. The second-order valence-electron chi connectivity index (χ2n) is 5.46. The summed E-state index contributed by atoms with van der Waals surface area (Å²) in [7, 11) is 1.61. The molecule has 0 saturated carbocycles. The fourth-order valence-electron chi connectivity index (χ4n) is 2.56. The van der Waals surface area contributed by atoms with E-state index < -0.39 is 0 Å². The minimum Gasteiger partial charge on any atom is -0.496 e. The SMILES string of the molecule is COc1ccccc1CNC(=O)c1nccn1Cc1ccccc1Cl. The first kappa shape index (κ1) is 17.0. The molecule has 0 aliphatic heterocycles. The zero-order valence-corrected chi connectivity index (χ0v) is 14.5. The van der Waals surface area contributed by atoms with Crippen LogP contribution in [0.2, 0.25) is 5.02 Å². The van der Waals surface area contributed by atoms with Gasteiger partial charge in [-0.3, -0.25) is 4.79 Å². The van der Waals surface area contributed by atoms with E-state index in [0.717, 1.165) is 16.9 Å². The molecule has 0 fully saturated rings. The number of carbonyl (C=O) groups is 1. The van der Waals surface area contributed by atoms with Gasteiger partial charge in [-0.1, -0.05) is 48.0 Å². The number of hydrogen-bond acceptors (Lipinski definition) is 3. The number of nitrogens with zero attached hydrogens (tertiary/aromatic N) is 2. The summed E-state index contributed by atoms with van der Waals surface area (Å²) in [5, 5.41) is 3.55. The Kier molecular flexibility index (Phi) is 5.36. The van der Waals surface area contributed by atoms with Gasteiger partial charge in [0.15, 0.2) is 5.82 Å². The smallest absolute Gasteiger partial charge is 0.287 e. The minimum atomic E-state index is -0.247. The summed E-state index contributed by atoms with van der Waals surface area (Å²) in [6.07, 6.45) is 3.37. The number of aromatic nitrogens is 2. The monoisotopic (exact) mass is 355 g/mol. The summed E-state index contributed by atoms with van der Waals surface area (Å²) < 4.78 is 7.07. The number of hydrogen-bond donors (Lipinski definition) is 1. The van der Waals surface area contributed by atoms with Crippen molar-refractivity contribution in [3.8, 4) is 5.75 Å². The van der Waals surface area contributed by atoms with Gasteiger partial charge in [0.1, 0.15) is 5.75 Å². The van der Waals surface area contributed by atoms with E-state index in [2.05, 4.69) is 10.3 Å².